The fourth-order valence-electron chi connectivity index (χ4n) is 2.10. The molecule has 0 unspecified atom stereocenters. The van der Waals surface area contributed by atoms with Crippen molar-refractivity contribution in [3.8, 4) is 0 Å². The topological polar surface area (TPSA) is 96.0 Å². The number of hydrogen-bond acceptors (Lipinski definition) is 5. The molecular weight excluding hydrogens is 497 g/mol. The van der Waals surface area contributed by atoms with Gasteiger partial charge in [-0.25, -0.2) is 23.1 Å². The highest BCUT2D eigenvalue weighted by Gasteiger charge is 2.15. The molecule has 0 aliphatic rings. The van der Waals surface area contributed by atoms with Crippen molar-refractivity contribution in [3.05, 3.63) is 70.6 Å². The van der Waals surface area contributed by atoms with Crippen LogP contribution < -0.4 is 15.4 Å². The standard InChI is InChI=1S/C17H14IN5O2S2/c18-14-4-1-2-5-15(14)22-17(26)21-12-6-8-13(9-7-12)27(24,25)23-16-19-10-3-11-20-16/h1-11H,(H,19,20,23)(H2,21,22,26). The number of nitrogens with one attached hydrogen (secondary N) is 3. The largest absolute Gasteiger partial charge is 0.332 e. The van der Waals surface area contributed by atoms with Gasteiger partial charge in [0.1, 0.15) is 0 Å². The first-order valence-corrected chi connectivity index (χ1v) is 10.6. The molecule has 2 aromatic carbocycles. The highest BCUT2D eigenvalue weighted by Crippen LogP contribution is 2.19. The van der Waals surface area contributed by atoms with Gasteiger partial charge in [-0.3, -0.25) is 0 Å². The molecule has 27 heavy (non-hydrogen) atoms. The number of benzene rings is 2. The van der Waals surface area contributed by atoms with Gasteiger partial charge in [0, 0.05) is 21.7 Å². The van der Waals surface area contributed by atoms with Crippen LogP contribution in [-0.4, -0.2) is 23.5 Å². The molecule has 0 amide bonds. The summed E-state index contributed by atoms with van der Waals surface area (Å²) in [6, 6.07) is 15.6. The lowest BCUT2D eigenvalue weighted by molar-refractivity contribution is 0.601. The normalized spacial score (nSPS) is 10.9. The summed E-state index contributed by atoms with van der Waals surface area (Å²) in [4.78, 5) is 7.80. The van der Waals surface area contributed by atoms with E-state index < -0.39 is 10.0 Å². The third-order valence-corrected chi connectivity index (χ3v) is 5.82. The minimum Gasteiger partial charge on any atom is -0.332 e. The van der Waals surface area contributed by atoms with Gasteiger partial charge in [0.15, 0.2) is 5.11 Å². The van der Waals surface area contributed by atoms with Crippen molar-refractivity contribution >= 4 is 67.3 Å². The molecule has 1 aromatic heterocycles. The van der Waals surface area contributed by atoms with Gasteiger partial charge in [-0.1, -0.05) is 12.1 Å². The van der Waals surface area contributed by atoms with Crippen LogP contribution in [0.1, 0.15) is 0 Å². The molecule has 3 N–H and O–H groups in total. The van der Waals surface area contributed by atoms with Crippen molar-refractivity contribution in [1.82, 2.24) is 9.97 Å². The smallest absolute Gasteiger partial charge is 0.264 e. The van der Waals surface area contributed by atoms with Crippen molar-refractivity contribution in [2.75, 3.05) is 15.4 Å². The molecule has 0 bridgehead atoms. The number of aromatic nitrogens is 2. The Balaban J connectivity index is 1.66. The van der Waals surface area contributed by atoms with Crippen LogP contribution in [0.15, 0.2) is 71.9 Å². The van der Waals surface area contributed by atoms with Crippen molar-refractivity contribution in [2.45, 2.75) is 4.90 Å². The average Bonchev–Trinajstić information content (AvgIpc) is 2.64. The summed E-state index contributed by atoms with van der Waals surface area (Å²) in [7, 11) is -3.76. The molecule has 7 nitrogen and oxygen atoms in total. The molecule has 0 radical (unpaired) electrons. The minimum absolute atomic E-state index is 0.0162. The zero-order valence-electron chi connectivity index (χ0n) is 13.8. The number of sulfonamides is 1. The highest BCUT2D eigenvalue weighted by molar-refractivity contribution is 14.1. The van der Waals surface area contributed by atoms with E-state index in [9.17, 15) is 8.42 Å². The number of nitrogens with zero attached hydrogens (tertiary/aromatic N) is 2. The number of rotatable bonds is 5. The summed E-state index contributed by atoms with van der Waals surface area (Å²) in [6.07, 6.45) is 2.92. The Bertz CT molecular complexity index is 1040. The van der Waals surface area contributed by atoms with Crippen LogP contribution in [0, 0.1) is 3.57 Å². The van der Waals surface area contributed by atoms with Gasteiger partial charge in [0.2, 0.25) is 5.95 Å². The van der Waals surface area contributed by atoms with E-state index in [0.717, 1.165) is 9.26 Å². The summed E-state index contributed by atoms with van der Waals surface area (Å²) in [6.45, 7) is 0. The van der Waals surface area contributed by atoms with E-state index in [1.165, 1.54) is 24.5 Å². The van der Waals surface area contributed by atoms with Crippen molar-refractivity contribution in [3.63, 3.8) is 0 Å². The molecule has 10 heteroatoms. The number of anilines is 3. The van der Waals surface area contributed by atoms with E-state index in [4.69, 9.17) is 12.2 Å². The van der Waals surface area contributed by atoms with Crippen LogP contribution in [0.2, 0.25) is 0 Å². The van der Waals surface area contributed by atoms with Crippen molar-refractivity contribution < 1.29 is 8.42 Å². The van der Waals surface area contributed by atoms with E-state index in [1.807, 2.05) is 24.3 Å². The lowest BCUT2D eigenvalue weighted by Gasteiger charge is -2.12. The summed E-state index contributed by atoms with van der Waals surface area (Å²) in [5, 5.41) is 6.53. The molecule has 3 rings (SSSR count). The first-order chi connectivity index (χ1) is 12.9. The average molecular weight is 511 g/mol. The van der Waals surface area contributed by atoms with Gasteiger partial charge < -0.3 is 10.6 Å². The van der Waals surface area contributed by atoms with E-state index in [2.05, 4.69) is 47.9 Å². The van der Waals surface area contributed by atoms with Crippen LogP contribution in [0.4, 0.5) is 17.3 Å². The second-order valence-corrected chi connectivity index (χ2v) is 8.51. The molecule has 1 heterocycles. The summed E-state index contributed by atoms with van der Waals surface area (Å²) in [5.41, 5.74) is 1.55. The fraction of sp³-hybridized carbons (Fsp3) is 0. The molecule has 138 valence electrons. The third-order valence-electron chi connectivity index (χ3n) is 3.34. The predicted molar refractivity (Wildman–Crippen MR) is 118 cm³/mol. The molecule has 0 aliphatic heterocycles. The van der Waals surface area contributed by atoms with Gasteiger partial charge in [-0.05, 0) is 77.3 Å². The summed E-state index contributed by atoms with van der Waals surface area (Å²) < 4.78 is 28.1. The zero-order valence-corrected chi connectivity index (χ0v) is 17.5. The SMILES string of the molecule is O=S(=O)(Nc1ncccn1)c1ccc(NC(=S)Nc2ccccc2I)cc1. The lowest BCUT2D eigenvalue weighted by atomic mass is 10.3. The number of halogens is 1. The second kappa shape index (κ2) is 8.59. The number of thiocarbonyl (C=S) groups is 1. The van der Waals surface area contributed by atoms with Crippen molar-refractivity contribution in [1.29, 1.82) is 0 Å². The van der Waals surface area contributed by atoms with Crippen LogP contribution in [0.3, 0.4) is 0 Å². The Kier molecular flexibility index (Phi) is 6.19. The summed E-state index contributed by atoms with van der Waals surface area (Å²) >= 11 is 7.51. The van der Waals surface area contributed by atoms with Crippen molar-refractivity contribution in [2.24, 2.45) is 0 Å². The van der Waals surface area contributed by atoms with Gasteiger partial charge in [0.05, 0.1) is 10.6 Å². The van der Waals surface area contributed by atoms with Crippen LogP contribution in [-0.2, 0) is 10.0 Å². The van der Waals surface area contributed by atoms with E-state index >= 15 is 0 Å². The van der Waals surface area contributed by atoms with Gasteiger partial charge in [-0.2, -0.15) is 0 Å². The quantitative estimate of drug-likeness (QED) is 0.355. The van der Waals surface area contributed by atoms with Crippen LogP contribution >= 0.6 is 34.8 Å². The van der Waals surface area contributed by atoms with Gasteiger partial charge in [-0.15, -0.1) is 0 Å². The molecule has 0 atom stereocenters. The maximum atomic E-state index is 12.4. The first kappa shape index (κ1) is 19.5. The summed E-state index contributed by atoms with van der Waals surface area (Å²) in [5.74, 6) is 0.0162. The Morgan fingerprint density at radius 1 is 0.926 bits per heavy atom. The molecule has 3 aromatic rings. The Labute approximate surface area is 175 Å². The second-order valence-electron chi connectivity index (χ2n) is 5.26. The lowest BCUT2D eigenvalue weighted by Crippen LogP contribution is -2.20. The van der Waals surface area contributed by atoms with E-state index in [-0.39, 0.29) is 10.8 Å². The monoisotopic (exact) mass is 511 g/mol. The van der Waals surface area contributed by atoms with Gasteiger partial charge >= 0.3 is 0 Å². The minimum atomic E-state index is -3.76. The third kappa shape index (κ3) is 5.34. The van der Waals surface area contributed by atoms with Gasteiger partial charge in [0.25, 0.3) is 10.0 Å². The zero-order chi connectivity index (χ0) is 19.3. The number of hydrogen-bond donors (Lipinski definition) is 3. The molecule has 0 aliphatic carbocycles. The Morgan fingerprint density at radius 3 is 2.26 bits per heavy atom. The van der Waals surface area contributed by atoms with E-state index in [1.54, 1.807) is 18.2 Å². The highest BCUT2D eigenvalue weighted by atomic mass is 127. The predicted octanol–water partition coefficient (Wildman–Crippen LogP) is 3.69. The molecule has 0 spiro atoms. The first-order valence-electron chi connectivity index (χ1n) is 7.66. The Hall–Kier alpha value is -2.31. The number of para-hydroxylation sites is 1. The maximum absolute atomic E-state index is 12.4. The van der Waals surface area contributed by atoms with Crippen LogP contribution in [0.25, 0.3) is 0 Å². The molecule has 0 fully saturated rings. The Morgan fingerprint density at radius 2 is 1.59 bits per heavy atom. The molecule has 0 saturated heterocycles. The molecular formula is C17H14IN5O2S2. The maximum Gasteiger partial charge on any atom is 0.264 e. The van der Waals surface area contributed by atoms with E-state index in [0.29, 0.717) is 10.8 Å². The van der Waals surface area contributed by atoms with Crippen LogP contribution in [0.5, 0.6) is 0 Å². The molecule has 0 saturated carbocycles. The fourth-order valence-corrected chi connectivity index (χ4v) is 3.80.